The Morgan fingerprint density at radius 2 is 1.95 bits per heavy atom. The minimum atomic E-state index is -0.834. The van der Waals surface area contributed by atoms with Gasteiger partial charge in [-0.3, -0.25) is 9.59 Å². The molecule has 20 heavy (non-hydrogen) atoms. The van der Waals surface area contributed by atoms with Crippen molar-refractivity contribution in [3.05, 3.63) is 54.0 Å². The molecule has 2 rings (SSSR count). The van der Waals surface area contributed by atoms with Crippen LogP contribution in [0.15, 0.2) is 47.1 Å². The standard InChI is InChI=1S/C14H11N3O3/c15-8-10-4-1-2-6-12(10)17-14(19)13(18)16-9-11-5-3-7-20-11/h1-7H,9H2,(H,16,18)(H,17,19). The molecule has 0 saturated heterocycles. The van der Waals surface area contributed by atoms with Gasteiger partial charge >= 0.3 is 11.8 Å². The SMILES string of the molecule is N#Cc1ccccc1NC(=O)C(=O)NCc1ccco1. The Labute approximate surface area is 115 Å². The van der Waals surface area contributed by atoms with E-state index in [0.717, 1.165) is 0 Å². The van der Waals surface area contributed by atoms with Gasteiger partial charge in [-0.25, -0.2) is 0 Å². The van der Waals surface area contributed by atoms with Crippen LogP contribution in [0.2, 0.25) is 0 Å². The molecule has 0 spiro atoms. The van der Waals surface area contributed by atoms with Crippen molar-refractivity contribution in [2.75, 3.05) is 5.32 Å². The van der Waals surface area contributed by atoms with Gasteiger partial charge in [-0.15, -0.1) is 0 Å². The number of furan rings is 1. The Morgan fingerprint density at radius 1 is 1.15 bits per heavy atom. The van der Waals surface area contributed by atoms with Crippen LogP contribution in [0.3, 0.4) is 0 Å². The van der Waals surface area contributed by atoms with Gasteiger partial charge in [0.1, 0.15) is 11.8 Å². The van der Waals surface area contributed by atoms with Crippen LogP contribution in [0.4, 0.5) is 5.69 Å². The predicted molar refractivity (Wildman–Crippen MR) is 70.3 cm³/mol. The van der Waals surface area contributed by atoms with Gasteiger partial charge in [0, 0.05) is 0 Å². The van der Waals surface area contributed by atoms with Crippen molar-refractivity contribution in [1.29, 1.82) is 5.26 Å². The summed E-state index contributed by atoms with van der Waals surface area (Å²) in [5.74, 6) is -1.09. The minimum absolute atomic E-state index is 0.124. The van der Waals surface area contributed by atoms with Crippen LogP contribution in [0.5, 0.6) is 0 Å². The fourth-order valence-electron chi connectivity index (χ4n) is 1.53. The zero-order valence-corrected chi connectivity index (χ0v) is 10.4. The number of anilines is 1. The number of nitriles is 1. The molecular formula is C14H11N3O3. The van der Waals surface area contributed by atoms with Crippen molar-refractivity contribution >= 4 is 17.5 Å². The number of benzene rings is 1. The highest BCUT2D eigenvalue weighted by molar-refractivity contribution is 6.39. The van der Waals surface area contributed by atoms with Gasteiger partial charge < -0.3 is 15.1 Å². The van der Waals surface area contributed by atoms with Crippen molar-refractivity contribution in [3.63, 3.8) is 0 Å². The van der Waals surface area contributed by atoms with Crippen LogP contribution in [0.25, 0.3) is 0 Å². The number of hydrogen-bond acceptors (Lipinski definition) is 4. The normalized spacial score (nSPS) is 9.55. The highest BCUT2D eigenvalue weighted by Gasteiger charge is 2.15. The molecule has 0 aliphatic carbocycles. The van der Waals surface area contributed by atoms with Crippen LogP contribution >= 0.6 is 0 Å². The molecule has 0 saturated carbocycles. The van der Waals surface area contributed by atoms with E-state index in [2.05, 4.69) is 10.6 Å². The Morgan fingerprint density at radius 3 is 2.65 bits per heavy atom. The van der Waals surface area contributed by atoms with E-state index in [1.807, 2.05) is 6.07 Å². The predicted octanol–water partition coefficient (Wildman–Crippen LogP) is 1.41. The molecule has 0 bridgehead atoms. The average molecular weight is 269 g/mol. The first-order valence-corrected chi connectivity index (χ1v) is 5.81. The molecule has 0 aliphatic rings. The first-order chi connectivity index (χ1) is 9.70. The maximum atomic E-state index is 11.7. The molecule has 6 nitrogen and oxygen atoms in total. The van der Waals surface area contributed by atoms with E-state index >= 15 is 0 Å². The molecule has 6 heteroatoms. The number of carbonyl (C=O) groups is 2. The van der Waals surface area contributed by atoms with Gasteiger partial charge in [0.25, 0.3) is 0 Å². The Balaban J connectivity index is 1.94. The van der Waals surface area contributed by atoms with E-state index in [0.29, 0.717) is 17.0 Å². The Hall–Kier alpha value is -3.07. The largest absolute Gasteiger partial charge is 0.467 e. The maximum absolute atomic E-state index is 11.7. The van der Waals surface area contributed by atoms with Crippen molar-refractivity contribution in [1.82, 2.24) is 5.32 Å². The zero-order valence-electron chi connectivity index (χ0n) is 10.4. The molecule has 0 aliphatic heterocycles. The van der Waals surface area contributed by atoms with E-state index in [9.17, 15) is 9.59 Å². The van der Waals surface area contributed by atoms with Gasteiger partial charge in [0.05, 0.1) is 24.1 Å². The molecule has 0 fully saturated rings. The molecular weight excluding hydrogens is 258 g/mol. The smallest absolute Gasteiger partial charge is 0.313 e. The first-order valence-electron chi connectivity index (χ1n) is 5.81. The number of carbonyl (C=O) groups excluding carboxylic acids is 2. The van der Waals surface area contributed by atoms with Crippen LogP contribution in [-0.4, -0.2) is 11.8 Å². The lowest BCUT2D eigenvalue weighted by atomic mass is 10.2. The van der Waals surface area contributed by atoms with Gasteiger partial charge in [-0.05, 0) is 24.3 Å². The minimum Gasteiger partial charge on any atom is -0.467 e. The molecule has 1 aromatic heterocycles. The summed E-state index contributed by atoms with van der Waals surface area (Å²) in [7, 11) is 0. The quantitative estimate of drug-likeness (QED) is 0.823. The summed E-state index contributed by atoms with van der Waals surface area (Å²) in [6.07, 6.45) is 1.48. The summed E-state index contributed by atoms with van der Waals surface area (Å²) >= 11 is 0. The second-order valence-corrected chi connectivity index (χ2v) is 3.87. The van der Waals surface area contributed by atoms with Crippen LogP contribution in [-0.2, 0) is 16.1 Å². The lowest BCUT2D eigenvalue weighted by Gasteiger charge is -2.06. The van der Waals surface area contributed by atoms with Gasteiger partial charge in [0.2, 0.25) is 0 Å². The maximum Gasteiger partial charge on any atom is 0.313 e. The third kappa shape index (κ3) is 3.23. The summed E-state index contributed by atoms with van der Waals surface area (Å²) in [4.78, 5) is 23.3. The van der Waals surface area contributed by atoms with Gasteiger partial charge in [-0.2, -0.15) is 5.26 Å². The van der Waals surface area contributed by atoms with E-state index in [-0.39, 0.29) is 6.54 Å². The summed E-state index contributed by atoms with van der Waals surface area (Å²) in [5, 5.41) is 13.7. The molecule has 0 unspecified atom stereocenters. The number of nitrogens with zero attached hydrogens (tertiary/aromatic N) is 1. The molecule has 2 aromatic rings. The monoisotopic (exact) mass is 269 g/mol. The summed E-state index contributed by atoms with van der Waals surface area (Å²) in [6.45, 7) is 0.124. The fraction of sp³-hybridized carbons (Fsp3) is 0.0714. The van der Waals surface area contributed by atoms with E-state index < -0.39 is 11.8 Å². The third-order valence-electron chi connectivity index (χ3n) is 2.51. The molecule has 0 radical (unpaired) electrons. The van der Waals surface area contributed by atoms with Crippen molar-refractivity contribution in [3.8, 4) is 6.07 Å². The second kappa shape index (κ2) is 6.20. The second-order valence-electron chi connectivity index (χ2n) is 3.87. The molecule has 2 amide bonds. The molecule has 2 N–H and O–H groups in total. The number of para-hydroxylation sites is 1. The summed E-state index contributed by atoms with van der Waals surface area (Å²) in [6, 6.07) is 11.7. The third-order valence-corrected chi connectivity index (χ3v) is 2.51. The first kappa shape index (κ1) is 13.4. The Kier molecular flexibility index (Phi) is 4.14. The number of nitrogens with one attached hydrogen (secondary N) is 2. The highest BCUT2D eigenvalue weighted by Crippen LogP contribution is 2.13. The fourth-order valence-corrected chi connectivity index (χ4v) is 1.53. The van der Waals surface area contributed by atoms with E-state index in [4.69, 9.17) is 9.68 Å². The summed E-state index contributed by atoms with van der Waals surface area (Å²) in [5.41, 5.74) is 0.591. The number of rotatable bonds is 3. The molecule has 1 aromatic carbocycles. The van der Waals surface area contributed by atoms with Gasteiger partial charge in [0.15, 0.2) is 0 Å². The topological polar surface area (TPSA) is 95.1 Å². The Bertz CT molecular complexity index is 657. The van der Waals surface area contributed by atoms with Crippen LogP contribution < -0.4 is 10.6 Å². The van der Waals surface area contributed by atoms with E-state index in [1.54, 1.807) is 36.4 Å². The number of hydrogen-bond donors (Lipinski definition) is 2. The average Bonchev–Trinajstić information content (AvgIpc) is 2.98. The molecule has 0 atom stereocenters. The lowest BCUT2D eigenvalue weighted by molar-refractivity contribution is -0.136. The summed E-state index contributed by atoms with van der Waals surface area (Å²) < 4.78 is 5.03. The number of amides is 2. The van der Waals surface area contributed by atoms with Gasteiger partial charge in [-0.1, -0.05) is 12.1 Å². The van der Waals surface area contributed by atoms with Crippen molar-refractivity contribution < 1.29 is 14.0 Å². The van der Waals surface area contributed by atoms with Crippen molar-refractivity contribution in [2.45, 2.75) is 6.54 Å². The van der Waals surface area contributed by atoms with E-state index in [1.165, 1.54) is 6.26 Å². The highest BCUT2D eigenvalue weighted by atomic mass is 16.3. The van der Waals surface area contributed by atoms with Crippen LogP contribution in [0.1, 0.15) is 11.3 Å². The zero-order chi connectivity index (χ0) is 14.4. The molecule has 100 valence electrons. The van der Waals surface area contributed by atoms with Crippen molar-refractivity contribution in [2.24, 2.45) is 0 Å². The van der Waals surface area contributed by atoms with Crippen LogP contribution in [0, 0.1) is 11.3 Å². The lowest BCUT2D eigenvalue weighted by Crippen LogP contribution is -2.35. The molecule has 1 heterocycles.